The average molecular weight is 283 g/mol. The third kappa shape index (κ3) is 4.25. The van der Waals surface area contributed by atoms with Crippen LogP contribution in [0.3, 0.4) is 0 Å². The van der Waals surface area contributed by atoms with Gasteiger partial charge in [0, 0.05) is 11.7 Å². The Morgan fingerprint density at radius 2 is 1.62 bits per heavy atom. The maximum absolute atomic E-state index is 5.20. The second kappa shape index (κ2) is 7.16. The molecule has 2 aromatic carbocycles. The quantitative estimate of drug-likeness (QED) is 0.817. The maximum atomic E-state index is 5.20. The lowest BCUT2D eigenvalue weighted by Crippen LogP contribution is -2.19. The number of rotatable bonds is 6. The van der Waals surface area contributed by atoms with Crippen molar-refractivity contribution >= 4 is 5.69 Å². The summed E-state index contributed by atoms with van der Waals surface area (Å²) in [6.45, 7) is 6.69. The zero-order valence-corrected chi connectivity index (χ0v) is 13.4. The van der Waals surface area contributed by atoms with Gasteiger partial charge < -0.3 is 10.1 Å². The Morgan fingerprint density at radius 3 is 2.24 bits per heavy atom. The minimum Gasteiger partial charge on any atom is -0.497 e. The Labute approximate surface area is 128 Å². The second-order valence-electron chi connectivity index (χ2n) is 5.84. The van der Waals surface area contributed by atoms with Crippen molar-refractivity contribution in [2.45, 2.75) is 39.2 Å². The van der Waals surface area contributed by atoms with Crippen LogP contribution in [0.2, 0.25) is 0 Å². The molecular formula is C19H25NO. The summed E-state index contributed by atoms with van der Waals surface area (Å²) in [5.41, 5.74) is 3.94. The molecule has 0 aliphatic rings. The largest absolute Gasteiger partial charge is 0.497 e. The van der Waals surface area contributed by atoms with Crippen LogP contribution < -0.4 is 10.1 Å². The summed E-state index contributed by atoms with van der Waals surface area (Å²) in [4.78, 5) is 0. The molecule has 2 aromatic rings. The van der Waals surface area contributed by atoms with Gasteiger partial charge in [-0.15, -0.1) is 0 Å². The Bertz CT molecular complexity index is 560. The highest BCUT2D eigenvalue weighted by Crippen LogP contribution is 2.24. The van der Waals surface area contributed by atoms with E-state index in [2.05, 4.69) is 62.5 Å². The maximum Gasteiger partial charge on any atom is 0.118 e. The van der Waals surface area contributed by atoms with Gasteiger partial charge in [0.05, 0.1) is 7.11 Å². The first kappa shape index (κ1) is 15.4. The number of benzene rings is 2. The monoisotopic (exact) mass is 283 g/mol. The second-order valence-corrected chi connectivity index (χ2v) is 5.84. The summed E-state index contributed by atoms with van der Waals surface area (Å²) in [7, 11) is 1.70. The number of ether oxygens (including phenoxy) is 1. The lowest BCUT2D eigenvalue weighted by molar-refractivity contribution is 0.414. The van der Waals surface area contributed by atoms with Gasteiger partial charge in [-0.2, -0.15) is 0 Å². The Hall–Kier alpha value is -1.96. The van der Waals surface area contributed by atoms with Crippen molar-refractivity contribution < 1.29 is 4.74 Å². The van der Waals surface area contributed by atoms with E-state index in [1.165, 1.54) is 16.8 Å². The SMILES string of the molecule is COc1ccc(CC(C)Nc2ccccc2C(C)C)cc1. The molecule has 0 radical (unpaired) electrons. The number of hydrogen-bond acceptors (Lipinski definition) is 2. The van der Waals surface area contributed by atoms with Gasteiger partial charge in [0.25, 0.3) is 0 Å². The molecule has 0 aliphatic carbocycles. The molecule has 1 N–H and O–H groups in total. The van der Waals surface area contributed by atoms with Crippen molar-refractivity contribution in [3.63, 3.8) is 0 Å². The van der Waals surface area contributed by atoms with Crippen molar-refractivity contribution in [3.05, 3.63) is 59.7 Å². The summed E-state index contributed by atoms with van der Waals surface area (Å²) in [5, 5.41) is 3.64. The van der Waals surface area contributed by atoms with Gasteiger partial charge in [-0.1, -0.05) is 44.2 Å². The topological polar surface area (TPSA) is 21.3 Å². The summed E-state index contributed by atoms with van der Waals surface area (Å²) in [5.74, 6) is 1.44. The molecule has 1 unspecified atom stereocenters. The third-order valence-electron chi connectivity index (χ3n) is 3.69. The highest BCUT2D eigenvalue weighted by molar-refractivity contribution is 5.53. The molecule has 0 amide bonds. The van der Waals surface area contributed by atoms with Crippen molar-refractivity contribution in [2.24, 2.45) is 0 Å². The molecule has 0 spiro atoms. The molecule has 0 bridgehead atoms. The molecule has 1 atom stereocenters. The summed E-state index contributed by atoms with van der Waals surface area (Å²) >= 11 is 0. The Balaban J connectivity index is 2.02. The standard InChI is InChI=1S/C19H25NO/c1-14(2)18-7-5-6-8-19(18)20-15(3)13-16-9-11-17(21-4)12-10-16/h5-12,14-15,20H,13H2,1-4H3. The van der Waals surface area contributed by atoms with Crippen LogP contribution in [0.5, 0.6) is 5.75 Å². The first-order valence-corrected chi connectivity index (χ1v) is 7.58. The van der Waals surface area contributed by atoms with Crippen molar-refractivity contribution in [3.8, 4) is 5.75 Å². The lowest BCUT2D eigenvalue weighted by Gasteiger charge is -2.20. The van der Waals surface area contributed by atoms with E-state index in [0.717, 1.165) is 12.2 Å². The highest BCUT2D eigenvalue weighted by Gasteiger charge is 2.09. The molecule has 2 nitrogen and oxygen atoms in total. The van der Waals surface area contributed by atoms with Crippen LogP contribution in [0.1, 0.15) is 37.8 Å². The van der Waals surface area contributed by atoms with E-state index in [0.29, 0.717) is 12.0 Å². The minimum absolute atomic E-state index is 0.387. The summed E-state index contributed by atoms with van der Waals surface area (Å²) < 4.78 is 5.20. The molecule has 0 heterocycles. The van der Waals surface area contributed by atoms with Gasteiger partial charge >= 0.3 is 0 Å². The molecule has 2 heteroatoms. The molecule has 21 heavy (non-hydrogen) atoms. The van der Waals surface area contributed by atoms with E-state index in [9.17, 15) is 0 Å². The van der Waals surface area contributed by atoms with Gasteiger partial charge in [-0.3, -0.25) is 0 Å². The Morgan fingerprint density at radius 1 is 0.952 bits per heavy atom. The smallest absolute Gasteiger partial charge is 0.118 e. The number of para-hydroxylation sites is 1. The average Bonchev–Trinajstić information content (AvgIpc) is 2.48. The predicted octanol–water partition coefficient (Wildman–Crippen LogP) is 4.86. The zero-order valence-electron chi connectivity index (χ0n) is 13.4. The van der Waals surface area contributed by atoms with Gasteiger partial charge in [0.15, 0.2) is 0 Å². The van der Waals surface area contributed by atoms with E-state index < -0.39 is 0 Å². The molecule has 112 valence electrons. The van der Waals surface area contributed by atoms with Crippen molar-refractivity contribution in [1.29, 1.82) is 0 Å². The first-order chi connectivity index (χ1) is 10.1. The third-order valence-corrected chi connectivity index (χ3v) is 3.69. The fourth-order valence-electron chi connectivity index (χ4n) is 2.56. The number of anilines is 1. The fraction of sp³-hybridized carbons (Fsp3) is 0.368. The fourth-order valence-corrected chi connectivity index (χ4v) is 2.56. The zero-order chi connectivity index (χ0) is 15.2. The first-order valence-electron chi connectivity index (χ1n) is 7.58. The van der Waals surface area contributed by atoms with Gasteiger partial charge in [0.1, 0.15) is 5.75 Å². The Kier molecular flexibility index (Phi) is 5.26. The van der Waals surface area contributed by atoms with Gasteiger partial charge in [0.2, 0.25) is 0 Å². The summed E-state index contributed by atoms with van der Waals surface area (Å²) in [6, 6.07) is 17.2. The minimum atomic E-state index is 0.387. The highest BCUT2D eigenvalue weighted by atomic mass is 16.5. The van der Waals surface area contributed by atoms with Crippen LogP contribution in [0, 0.1) is 0 Å². The van der Waals surface area contributed by atoms with Crippen LogP contribution in [0.15, 0.2) is 48.5 Å². The molecule has 0 fully saturated rings. The van der Waals surface area contributed by atoms with E-state index in [4.69, 9.17) is 4.74 Å². The number of methoxy groups -OCH3 is 1. The van der Waals surface area contributed by atoms with Crippen LogP contribution in [0.25, 0.3) is 0 Å². The van der Waals surface area contributed by atoms with E-state index in [1.54, 1.807) is 7.11 Å². The van der Waals surface area contributed by atoms with Crippen molar-refractivity contribution in [2.75, 3.05) is 12.4 Å². The normalized spacial score (nSPS) is 12.2. The van der Waals surface area contributed by atoms with E-state index in [1.807, 2.05) is 12.1 Å². The molecule has 0 saturated carbocycles. The molecule has 0 aromatic heterocycles. The number of hydrogen-bond donors (Lipinski definition) is 1. The number of nitrogens with one attached hydrogen (secondary N) is 1. The van der Waals surface area contributed by atoms with Gasteiger partial charge in [-0.05, 0) is 48.6 Å². The van der Waals surface area contributed by atoms with Crippen LogP contribution in [-0.2, 0) is 6.42 Å². The lowest BCUT2D eigenvalue weighted by atomic mass is 10.00. The summed E-state index contributed by atoms with van der Waals surface area (Å²) in [6.07, 6.45) is 0.996. The molecule has 2 rings (SSSR count). The van der Waals surface area contributed by atoms with Gasteiger partial charge in [-0.25, -0.2) is 0 Å². The molecule has 0 aliphatic heterocycles. The van der Waals surface area contributed by atoms with E-state index in [-0.39, 0.29) is 0 Å². The van der Waals surface area contributed by atoms with Crippen LogP contribution in [0.4, 0.5) is 5.69 Å². The van der Waals surface area contributed by atoms with Crippen LogP contribution in [-0.4, -0.2) is 13.2 Å². The van der Waals surface area contributed by atoms with Crippen molar-refractivity contribution in [1.82, 2.24) is 0 Å². The predicted molar refractivity (Wildman–Crippen MR) is 90.3 cm³/mol. The van der Waals surface area contributed by atoms with Crippen LogP contribution >= 0.6 is 0 Å². The molecule has 0 saturated heterocycles. The van der Waals surface area contributed by atoms with E-state index >= 15 is 0 Å². The molecular weight excluding hydrogens is 258 g/mol.